The van der Waals surface area contributed by atoms with Crippen LogP contribution in [0.5, 0.6) is 0 Å². The van der Waals surface area contributed by atoms with E-state index in [-0.39, 0.29) is 0 Å². The molecule has 0 unspecified atom stereocenters. The minimum absolute atomic E-state index is 0.590. The van der Waals surface area contributed by atoms with Crippen molar-refractivity contribution in [2.75, 3.05) is 0 Å². The van der Waals surface area contributed by atoms with Crippen LogP contribution in [-0.4, -0.2) is 24.8 Å². The zero-order valence-corrected chi connectivity index (χ0v) is 9.05. The molecule has 1 N–H and O–H groups in total. The smallest absolute Gasteiger partial charge is 0.202 e. The molecule has 0 spiro atoms. The van der Waals surface area contributed by atoms with E-state index >= 15 is 0 Å². The van der Waals surface area contributed by atoms with Crippen molar-refractivity contribution < 1.29 is 0 Å². The van der Waals surface area contributed by atoms with Crippen molar-refractivity contribution in [2.24, 2.45) is 0 Å². The molecule has 0 aliphatic carbocycles. The van der Waals surface area contributed by atoms with Gasteiger partial charge in [-0.1, -0.05) is 10.6 Å². The Balaban J connectivity index is 2.02. The second-order valence-corrected chi connectivity index (χ2v) is 4.33. The van der Waals surface area contributed by atoms with Gasteiger partial charge >= 0.3 is 0 Å². The van der Waals surface area contributed by atoms with E-state index in [2.05, 4.69) is 24.8 Å². The molecule has 0 fully saturated rings. The first-order valence-electron chi connectivity index (χ1n) is 4.17. The number of aromatic nitrogens is 5. The molecule has 0 aliphatic rings. The first-order valence-corrected chi connectivity index (χ1v) is 5.89. The summed E-state index contributed by atoms with van der Waals surface area (Å²) in [5, 5.41) is 14.7. The normalized spacial score (nSPS) is 10.7. The summed E-state index contributed by atoms with van der Waals surface area (Å²) in [6.45, 7) is 0. The standard InChI is InChI=1S/C8H5N5S2/c1-2-6(14-3-1)8-9-7(11-12-8)5-4-15-13-10-5/h1-4H,(H,9,11,12). The summed E-state index contributed by atoms with van der Waals surface area (Å²) in [5.74, 6) is 1.36. The molecule has 0 saturated carbocycles. The predicted octanol–water partition coefficient (Wildman–Crippen LogP) is 2.05. The van der Waals surface area contributed by atoms with E-state index in [9.17, 15) is 0 Å². The Morgan fingerprint density at radius 2 is 2.33 bits per heavy atom. The highest BCUT2D eigenvalue weighted by Crippen LogP contribution is 2.22. The maximum Gasteiger partial charge on any atom is 0.202 e. The molecule has 74 valence electrons. The molecule has 0 saturated heterocycles. The first kappa shape index (κ1) is 8.69. The summed E-state index contributed by atoms with van der Waals surface area (Å²) in [6, 6.07) is 3.97. The van der Waals surface area contributed by atoms with Crippen LogP contribution in [0.15, 0.2) is 22.9 Å². The molecule has 3 aromatic rings. The Labute approximate surface area is 93.0 Å². The Hall–Kier alpha value is -1.60. The fraction of sp³-hybridized carbons (Fsp3) is 0. The molecule has 3 aromatic heterocycles. The average molecular weight is 235 g/mol. The van der Waals surface area contributed by atoms with Crippen LogP contribution >= 0.6 is 22.9 Å². The van der Waals surface area contributed by atoms with E-state index in [1.807, 2.05) is 22.9 Å². The van der Waals surface area contributed by atoms with Gasteiger partial charge in [0.2, 0.25) is 5.82 Å². The van der Waals surface area contributed by atoms with Crippen LogP contribution in [0, 0.1) is 0 Å². The molecule has 3 rings (SSSR count). The van der Waals surface area contributed by atoms with Crippen molar-refractivity contribution in [1.29, 1.82) is 0 Å². The van der Waals surface area contributed by atoms with E-state index in [1.54, 1.807) is 11.3 Å². The van der Waals surface area contributed by atoms with Gasteiger partial charge in [-0.3, -0.25) is 5.10 Å². The molecule has 0 amide bonds. The zero-order valence-electron chi connectivity index (χ0n) is 7.41. The van der Waals surface area contributed by atoms with Gasteiger partial charge in [0.25, 0.3) is 0 Å². The van der Waals surface area contributed by atoms with Crippen molar-refractivity contribution in [3.63, 3.8) is 0 Å². The predicted molar refractivity (Wildman–Crippen MR) is 58.6 cm³/mol. The fourth-order valence-corrected chi connectivity index (χ4v) is 2.26. The number of nitrogens with one attached hydrogen (secondary N) is 1. The van der Waals surface area contributed by atoms with Crippen molar-refractivity contribution in [1.82, 2.24) is 24.8 Å². The monoisotopic (exact) mass is 235 g/mol. The first-order chi connectivity index (χ1) is 7.43. The maximum atomic E-state index is 4.34. The van der Waals surface area contributed by atoms with E-state index in [1.165, 1.54) is 11.5 Å². The Bertz CT molecular complexity index is 491. The van der Waals surface area contributed by atoms with Crippen molar-refractivity contribution in [3.05, 3.63) is 22.9 Å². The fourth-order valence-electron chi connectivity index (χ4n) is 1.16. The van der Waals surface area contributed by atoms with Crippen molar-refractivity contribution >= 4 is 22.9 Å². The van der Waals surface area contributed by atoms with Gasteiger partial charge in [-0.05, 0) is 23.0 Å². The molecule has 7 heteroatoms. The van der Waals surface area contributed by atoms with Gasteiger partial charge in [0.15, 0.2) is 5.82 Å². The number of aromatic amines is 1. The van der Waals surface area contributed by atoms with E-state index in [0.29, 0.717) is 11.5 Å². The molecule has 0 aromatic carbocycles. The summed E-state index contributed by atoms with van der Waals surface area (Å²) in [7, 11) is 0. The Morgan fingerprint density at radius 1 is 1.33 bits per heavy atom. The number of rotatable bonds is 2. The highest BCUT2D eigenvalue weighted by Gasteiger charge is 2.09. The molecule has 3 heterocycles. The van der Waals surface area contributed by atoms with Crippen LogP contribution in [0.2, 0.25) is 0 Å². The third-order valence-electron chi connectivity index (χ3n) is 1.83. The summed E-state index contributed by atoms with van der Waals surface area (Å²) in [4.78, 5) is 5.41. The van der Waals surface area contributed by atoms with Crippen LogP contribution < -0.4 is 0 Å². The minimum Gasteiger partial charge on any atom is -0.258 e. The third kappa shape index (κ3) is 1.55. The van der Waals surface area contributed by atoms with E-state index < -0.39 is 0 Å². The van der Waals surface area contributed by atoms with Gasteiger partial charge in [0.05, 0.1) is 4.88 Å². The highest BCUT2D eigenvalue weighted by molar-refractivity contribution is 7.13. The molecule has 15 heavy (non-hydrogen) atoms. The number of H-pyrrole nitrogens is 1. The maximum absolute atomic E-state index is 4.34. The third-order valence-corrected chi connectivity index (χ3v) is 3.21. The number of hydrogen-bond acceptors (Lipinski definition) is 6. The highest BCUT2D eigenvalue weighted by atomic mass is 32.1. The van der Waals surface area contributed by atoms with Gasteiger partial charge in [0, 0.05) is 5.38 Å². The van der Waals surface area contributed by atoms with Gasteiger partial charge in [-0.15, -0.1) is 16.4 Å². The van der Waals surface area contributed by atoms with Gasteiger partial charge in [-0.2, -0.15) is 5.10 Å². The van der Waals surface area contributed by atoms with E-state index in [4.69, 9.17) is 0 Å². The second-order valence-electron chi connectivity index (χ2n) is 2.78. The summed E-state index contributed by atoms with van der Waals surface area (Å²) in [5.41, 5.74) is 0.707. The molecular weight excluding hydrogens is 230 g/mol. The lowest BCUT2D eigenvalue weighted by atomic mass is 10.4. The lowest BCUT2D eigenvalue weighted by molar-refractivity contribution is 1.07. The summed E-state index contributed by atoms with van der Waals surface area (Å²) < 4.78 is 3.77. The number of hydrogen-bond donors (Lipinski definition) is 1. The molecule has 5 nitrogen and oxygen atoms in total. The van der Waals surface area contributed by atoms with Gasteiger partial charge < -0.3 is 0 Å². The van der Waals surface area contributed by atoms with Crippen molar-refractivity contribution in [2.45, 2.75) is 0 Å². The second kappa shape index (κ2) is 3.52. The molecule has 0 atom stereocenters. The summed E-state index contributed by atoms with van der Waals surface area (Å²) >= 11 is 2.91. The number of thiophene rings is 1. The van der Waals surface area contributed by atoms with Gasteiger partial charge in [-0.25, -0.2) is 4.98 Å². The van der Waals surface area contributed by atoms with Crippen LogP contribution in [0.3, 0.4) is 0 Å². The SMILES string of the molecule is c1csc(-c2nc(-c3csnn3)n[nH]2)c1. The van der Waals surface area contributed by atoms with Gasteiger partial charge in [0.1, 0.15) is 5.69 Å². The topological polar surface area (TPSA) is 67.3 Å². The molecule has 0 aliphatic heterocycles. The number of nitrogens with zero attached hydrogens (tertiary/aromatic N) is 4. The molecular formula is C8H5N5S2. The van der Waals surface area contributed by atoms with Crippen molar-refractivity contribution in [3.8, 4) is 22.2 Å². The van der Waals surface area contributed by atoms with Crippen LogP contribution in [0.1, 0.15) is 0 Å². The van der Waals surface area contributed by atoms with Crippen LogP contribution in [0.25, 0.3) is 22.2 Å². The lowest BCUT2D eigenvalue weighted by Gasteiger charge is -1.85. The largest absolute Gasteiger partial charge is 0.258 e. The van der Waals surface area contributed by atoms with E-state index in [0.717, 1.165) is 10.7 Å². The quantitative estimate of drug-likeness (QED) is 0.738. The Morgan fingerprint density at radius 3 is 3.07 bits per heavy atom. The molecule has 0 bridgehead atoms. The van der Waals surface area contributed by atoms with Crippen LogP contribution in [0.4, 0.5) is 0 Å². The Kier molecular flexibility index (Phi) is 2.04. The zero-order chi connectivity index (χ0) is 10.1. The average Bonchev–Trinajstić information content (AvgIpc) is 3.02. The van der Waals surface area contributed by atoms with Crippen LogP contribution in [-0.2, 0) is 0 Å². The lowest BCUT2D eigenvalue weighted by Crippen LogP contribution is -1.80. The minimum atomic E-state index is 0.590. The summed E-state index contributed by atoms with van der Waals surface area (Å²) in [6.07, 6.45) is 0. The molecule has 0 radical (unpaired) electrons.